The molecule has 1 heterocycles. The van der Waals surface area contributed by atoms with Crippen molar-refractivity contribution in [2.45, 2.75) is 24.9 Å². The van der Waals surface area contributed by atoms with Crippen LogP contribution in [-0.4, -0.2) is 34.9 Å². The number of imide groups is 1. The molecule has 0 radical (unpaired) electrons. The molecule has 2 atom stereocenters. The van der Waals surface area contributed by atoms with Crippen LogP contribution in [0.2, 0.25) is 0 Å². The third-order valence-corrected chi connectivity index (χ3v) is 5.56. The van der Waals surface area contributed by atoms with Crippen molar-refractivity contribution in [1.82, 2.24) is 10.2 Å². The molecule has 0 bridgehead atoms. The predicted molar refractivity (Wildman–Crippen MR) is 119 cm³/mol. The summed E-state index contributed by atoms with van der Waals surface area (Å²) in [4.78, 5) is 52.0. The number of carbonyl (C=O) groups is 4. The minimum Gasteiger partial charge on any atom is -0.347 e. The Morgan fingerprint density at radius 2 is 1.34 bits per heavy atom. The maximum atomic E-state index is 13.5. The number of aldehydes is 1. The fourth-order valence-corrected chi connectivity index (χ4v) is 3.96. The van der Waals surface area contributed by atoms with Crippen molar-refractivity contribution in [3.8, 4) is 0 Å². The van der Waals surface area contributed by atoms with Gasteiger partial charge in [0.25, 0.3) is 11.8 Å². The van der Waals surface area contributed by atoms with Gasteiger partial charge in [-0.1, -0.05) is 72.8 Å². The summed E-state index contributed by atoms with van der Waals surface area (Å²) in [7, 11) is 0. The molecule has 0 saturated carbocycles. The van der Waals surface area contributed by atoms with E-state index in [0.29, 0.717) is 0 Å². The standard InChI is InChI=1S/C26H22N2O4/c29-16-15-22(19-11-5-2-6-12-19)27-24(30)23(17-18-9-3-1-4-10-18)28-25(31)20-13-7-8-14-21(20)26(28)32/h1-14,16,22-23H,15,17H2,(H,27,30)/t22-,23+/m1/s1. The smallest absolute Gasteiger partial charge is 0.262 e. The lowest BCUT2D eigenvalue weighted by molar-refractivity contribution is -0.126. The van der Waals surface area contributed by atoms with Gasteiger partial charge in [-0.05, 0) is 23.3 Å². The number of hydrogen-bond donors (Lipinski definition) is 1. The molecule has 160 valence electrons. The van der Waals surface area contributed by atoms with Crippen LogP contribution >= 0.6 is 0 Å². The number of fused-ring (bicyclic) bond motifs is 1. The van der Waals surface area contributed by atoms with Crippen LogP contribution in [0.5, 0.6) is 0 Å². The van der Waals surface area contributed by atoms with E-state index in [9.17, 15) is 19.2 Å². The highest BCUT2D eigenvalue weighted by Crippen LogP contribution is 2.27. The number of amides is 3. The zero-order valence-corrected chi connectivity index (χ0v) is 17.3. The molecule has 6 nitrogen and oxygen atoms in total. The number of nitrogens with zero attached hydrogens (tertiary/aromatic N) is 1. The molecule has 6 heteroatoms. The molecule has 0 aliphatic carbocycles. The van der Waals surface area contributed by atoms with Crippen molar-refractivity contribution in [1.29, 1.82) is 0 Å². The zero-order valence-electron chi connectivity index (χ0n) is 17.3. The van der Waals surface area contributed by atoms with Gasteiger partial charge in [0.15, 0.2) is 0 Å². The fourth-order valence-electron chi connectivity index (χ4n) is 3.96. The van der Waals surface area contributed by atoms with Gasteiger partial charge < -0.3 is 10.1 Å². The van der Waals surface area contributed by atoms with E-state index in [4.69, 9.17) is 0 Å². The largest absolute Gasteiger partial charge is 0.347 e. The Hall–Kier alpha value is -4.06. The predicted octanol–water partition coefficient (Wildman–Crippen LogP) is 3.34. The highest BCUT2D eigenvalue weighted by Gasteiger charge is 2.43. The second-order valence-corrected chi connectivity index (χ2v) is 7.61. The first-order valence-corrected chi connectivity index (χ1v) is 10.4. The molecule has 1 aliphatic heterocycles. The Morgan fingerprint density at radius 1 is 0.812 bits per heavy atom. The molecule has 0 unspecified atom stereocenters. The third kappa shape index (κ3) is 4.21. The summed E-state index contributed by atoms with van der Waals surface area (Å²) in [5.74, 6) is -1.47. The van der Waals surface area contributed by atoms with E-state index >= 15 is 0 Å². The monoisotopic (exact) mass is 426 g/mol. The van der Waals surface area contributed by atoms with Crippen LogP contribution in [0.4, 0.5) is 0 Å². The molecule has 1 N–H and O–H groups in total. The van der Waals surface area contributed by atoms with Gasteiger partial charge in [0.05, 0.1) is 17.2 Å². The Balaban J connectivity index is 1.67. The molecular formula is C26H22N2O4. The summed E-state index contributed by atoms with van der Waals surface area (Å²) in [6.07, 6.45) is 0.989. The summed E-state index contributed by atoms with van der Waals surface area (Å²) in [6.45, 7) is 0. The molecular weight excluding hydrogens is 404 g/mol. The first-order valence-electron chi connectivity index (χ1n) is 10.4. The van der Waals surface area contributed by atoms with Crippen LogP contribution in [-0.2, 0) is 16.0 Å². The van der Waals surface area contributed by atoms with E-state index in [1.165, 1.54) is 0 Å². The maximum Gasteiger partial charge on any atom is 0.262 e. The van der Waals surface area contributed by atoms with E-state index in [1.807, 2.05) is 60.7 Å². The van der Waals surface area contributed by atoms with Crippen LogP contribution in [0, 0.1) is 0 Å². The Kier molecular flexibility index (Phi) is 6.22. The summed E-state index contributed by atoms with van der Waals surface area (Å²) >= 11 is 0. The van der Waals surface area contributed by atoms with Crippen molar-refractivity contribution in [3.05, 3.63) is 107 Å². The van der Waals surface area contributed by atoms with Gasteiger partial charge in [0.2, 0.25) is 5.91 Å². The minimum absolute atomic E-state index is 0.0793. The molecule has 3 aromatic carbocycles. The summed E-state index contributed by atoms with van der Waals surface area (Å²) < 4.78 is 0. The van der Waals surface area contributed by atoms with Gasteiger partial charge in [-0.15, -0.1) is 0 Å². The van der Waals surface area contributed by atoms with Gasteiger partial charge in [-0.3, -0.25) is 19.3 Å². The van der Waals surface area contributed by atoms with E-state index in [-0.39, 0.29) is 24.0 Å². The molecule has 3 amide bonds. The highest BCUT2D eigenvalue weighted by molar-refractivity contribution is 6.22. The van der Waals surface area contributed by atoms with E-state index in [2.05, 4.69) is 5.32 Å². The first-order chi connectivity index (χ1) is 15.6. The van der Waals surface area contributed by atoms with Crippen molar-refractivity contribution >= 4 is 24.0 Å². The van der Waals surface area contributed by atoms with Gasteiger partial charge in [0, 0.05) is 12.8 Å². The van der Waals surface area contributed by atoms with Crippen LogP contribution in [0.1, 0.15) is 44.3 Å². The molecule has 3 aromatic rings. The molecule has 0 fully saturated rings. The quantitative estimate of drug-likeness (QED) is 0.442. The third-order valence-electron chi connectivity index (χ3n) is 5.56. The maximum absolute atomic E-state index is 13.5. The lowest BCUT2D eigenvalue weighted by Crippen LogP contribution is -2.51. The summed E-state index contributed by atoms with van der Waals surface area (Å²) in [5.41, 5.74) is 2.16. The fraction of sp³-hybridized carbons (Fsp3) is 0.154. The van der Waals surface area contributed by atoms with E-state index in [0.717, 1.165) is 22.3 Å². The SMILES string of the molecule is O=CC[C@@H](NC(=O)[C@H](Cc1ccccc1)N1C(=O)c2ccccc2C1=O)c1ccccc1. The minimum atomic E-state index is -1.05. The first kappa shape index (κ1) is 21.2. The Bertz CT molecular complexity index is 1110. The Labute approximate surface area is 185 Å². The number of hydrogen-bond acceptors (Lipinski definition) is 4. The summed E-state index contributed by atoms with van der Waals surface area (Å²) in [5, 5.41) is 2.88. The van der Waals surface area contributed by atoms with Gasteiger partial charge in [-0.25, -0.2) is 0 Å². The number of carbonyl (C=O) groups excluding carboxylic acids is 4. The number of rotatable bonds is 8. The van der Waals surface area contributed by atoms with Gasteiger partial charge >= 0.3 is 0 Å². The average molecular weight is 426 g/mol. The van der Waals surface area contributed by atoms with Crippen LogP contribution in [0.3, 0.4) is 0 Å². The van der Waals surface area contributed by atoms with Crippen LogP contribution in [0.25, 0.3) is 0 Å². The van der Waals surface area contributed by atoms with Crippen molar-refractivity contribution in [2.24, 2.45) is 0 Å². The Morgan fingerprint density at radius 3 is 1.91 bits per heavy atom. The lowest BCUT2D eigenvalue weighted by atomic mass is 10.0. The molecule has 0 spiro atoms. The second-order valence-electron chi connectivity index (χ2n) is 7.61. The number of benzene rings is 3. The van der Waals surface area contributed by atoms with Crippen LogP contribution < -0.4 is 5.32 Å². The van der Waals surface area contributed by atoms with Gasteiger partial charge in [0.1, 0.15) is 12.3 Å². The lowest BCUT2D eigenvalue weighted by Gasteiger charge is -2.28. The van der Waals surface area contributed by atoms with Crippen LogP contribution in [0.15, 0.2) is 84.9 Å². The number of nitrogens with one attached hydrogen (secondary N) is 1. The zero-order chi connectivity index (χ0) is 22.5. The normalized spacial score (nSPS) is 14.6. The summed E-state index contributed by atoms with van der Waals surface area (Å²) in [6, 6.07) is 23.3. The molecule has 32 heavy (non-hydrogen) atoms. The molecule has 0 saturated heterocycles. The van der Waals surface area contributed by atoms with Crippen molar-refractivity contribution < 1.29 is 19.2 Å². The topological polar surface area (TPSA) is 83.6 Å². The van der Waals surface area contributed by atoms with E-state index in [1.54, 1.807) is 24.3 Å². The molecule has 0 aromatic heterocycles. The van der Waals surface area contributed by atoms with Gasteiger partial charge in [-0.2, -0.15) is 0 Å². The molecule has 4 rings (SSSR count). The van der Waals surface area contributed by atoms with Crippen molar-refractivity contribution in [3.63, 3.8) is 0 Å². The average Bonchev–Trinajstić information content (AvgIpc) is 3.08. The molecule has 1 aliphatic rings. The second kappa shape index (κ2) is 9.39. The van der Waals surface area contributed by atoms with Crippen molar-refractivity contribution in [2.75, 3.05) is 0 Å². The van der Waals surface area contributed by atoms with E-state index < -0.39 is 29.8 Å². The highest BCUT2D eigenvalue weighted by atomic mass is 16.2.